The maximum Gasteiger partial charge on any atom is 0.351 e. The summed E-state index contributed by atoms with van der Waals surface area (Å²) < 4.78 is 5.36. The first-order valence-corrected chi connectivity index (χ1v) is 7.15. The summed E-state index contributed by atoms with van der Waals surface area (Å²) in [5, 5.41) is 0. The van der Waals surface area contributed by atoms with Crippen LogP contribution in [0.5, 0.6) is 0 Å². The van der Waals surface area contributed by atoms with Crippen LogP contribution in [0.15, 0.2) is 47.4 Å². The molecule has 1 fully saturated rings. The van der Waals surface area contributed by atoms with E-state index in [2.05, 4.69) is 4.90 Å². The maximum absolute atomic E-state index is 12.4. The number of fused-ring (bicyclic) bond motifs is 3. The molecule has 1 aromatic carbocycles. The van der Waals surface area contributed by atoms with Crippen molar-refractivity contribution >= 4 is 17.8 Å². The van der Waals surface area contributed by atoms with E-state index in [0.717, 1.165) is 35.9 Å². The quantitative estimate of drug-likeness (QED) is 0.790. The van der Waals surface area contributed by atoms with E-state index < -0.39 is 0 Å². The summed E-state index contributed by atoms with van der Waals surface area (Å²) in [4.78, 5) is 19.9. The third-order valence-electron chi connectivity index (χ3n) is 3.99. The Morgan fingerprint density at radius 3 is 2.86 bits per heavy atom. The van der Waals surface area contributed by atoms with Gasteiger partial charge in [-0.3, -0.25) is 0 Å². The number of aliphatic imine (C=N–C) groups is 1. The molecule has 1 N–H and O–H groups in total. The highest BCUT2D eigenvalue weighted by atomic mass is 16.5. The lowest BCUT2D eigenvalue weighted by molar-refractivity contribution is -0.654. The lowest BCUT2D eigenvalue weighted by atomic mass is 10.0. The second-order valence-electron chi connectivity index (χ2n) is 5.26. The molecule has 1 atom stereocenters. The van der Waals surface area contributed by atoms with Crippen molar-refractivity contribution in [2.24, 2.45) is 4.99 Å². The van der Waals surface area contributed by atoms with Crippen molar-refractivity contribution in [1.82, 2.24) is 4.90 Å². The van der Waals surface area contributed by atoms with Gasteiger partial charge in [-0.25, -0.2) is 4.79 Å². The molecule has 5 heteroatoms. The summed E-state index contributed by atoms with van der Waals surface area (Å²) in [6.45, 7) is 2.93. The van der Waals surface area contributed by atoms with Gasteiger partial charge in [-0.2, -0.15) is 9.89 Å². The van der Waals surface area contributed by atoms with Crippen molar-refractivity contribution in [2.45, 2.75) is 0 Å². The molecule has 1 saturated heterocycles. The van der Waals surface area contributed by atoms with Crippen LogP contribution < -0.4 is 4.90 Å². The maximum atomic E-state index is 12.4. The molecule has 21 heavy (non-hydrogen) atoms. The molecule has 0 radical (unpaired) electrons. The van der Waals surface area contributed by atoms with E-state index in [1.165, 1.54) is 0 Å². The second-order valence-corrected chi connectivity index (χ2v) is 5.26. The molecule has 1 aromatic rings. The number of nitrogens with zero attached hydrogens (tertiary/aromatic N) is 2. The first-order chi connectivity index (χ1) is 10.3. The summed E-state index contributed by atoms with van der Waals surface area (Å²) in [5.74, 6) is 1.58. The third kappa shape index (κ3) is 2.11. The molecule has 4 rings (SSSR count). The van der Waals surface area contributed by atoms with Crippen molar-refractivity contribution < 1.29 is 14.4 Å². The van der Waals surface area contributed by atoms with E-state index in [1.54, 1.807) is 6.08 Å². The lowest BCUT2D eigenvalue weighted by Crippen LogP contribution is -3.13. The van der Waals surface area contributed by atoms with E-state index in [4.69, 9.17) is 9.73 Å². The van der Waals surface area contributed by atoms with E-state index in [9.17, 15) is 4.79 Å². The third-order valence-corrected chi connectivity index (χ3v) is 3.99. The largest absolute Gasteiger partial charge is 0.378 e. The van der Waals surface area contributed by atoms with Crippen molar-refractivity contribution in [3.8, 4) is 0 Å². The highest BCUT2D eigenvalue weighted by Gasteiger charge is 2.34. The monoisotopic (exact) mass is 282 g/mol. The van der Waals surface area contributed by atoms with Crippen LogP contribution in [0.1, 0.15) is 11.1 Å². The molecule has 3 heterocycles. The number of hydrogen-bond acceptors (Lipinski definition) is 4. The summed E-state index contributed by atoms with van der Waals surface area (Å²) in [6, 6.07) is 8.04. The van der Waals surface area contributed by atoms with Gasteiger partial charge in [0.2, 0.25) is 5.84 Å². The Balaban J connectivity index is 1.76. The van der Waals surface area contributed by atoms with Gasteiger partial charge < -0.3 is 9.64 Å². The van der Waals surface area contributed by atoms with Crippen molar-refractivity contribution in [2.75, 3.05) is 26.3 Å². The van der Waals surface area contributed by atoms with Gasteiger partial charge in [-0.1, -0.05) is 18.2 Å². The topological polar surface area (TPSA) is 46.3 Å². The second kappa shape index (κ2) is 4.95. The fourth-order valence-corrected chi connectivity index (χ4v) is 2.87. The molecule has 5 nitrogen and oxygen atoms in total. The molecule has 106 valence electrons. The minimum Gasteiger partial charge on any atom is -0.378 e. The first kappa shape index (κ1) is 12.5. The number of ether oxygens (including phenoxy) is 1. The molecule has 0 aliphatic carbocycles. The van der Waals surface area contributed by atoms with Crippen LogP contribution >= 0.6 is 0 Å². The predicted octanol–water partition coefficient (Wildman–Crippen LogP) is 0.0162. The molecule has 0 bridgehead atoms. The van der Waals surface area contributed by atoms with Crippen LogP contribution in [0, 0.1) is 0 Å². The smallest absolute Gasteiger partial charge is 0.351 e. The van der Waals surface area contributed by atoms with E-state index in [1.807, 2.05) is 36.5 Å². The Morgan fingerprint density at radius 2 is 2.00 bits per heavy atom. The van der Waals surface area contributed by atoms with Crippen molar-refractivity contribution in [3.63, 3.8) is 0 Å². The number of amidine groups is 1. The molecular weight excluding hydrogens is 266 g/mol. The van der Waals surface area contributed by atoms with Crippen LogP contribution in [0.3, 0.4) is 0 Å². The fraction of sp³-hybridized carbons (Fsp3) is 0.250. The Hall–Kier alpha value is -2.24. The average Bonchev–Trinajstić information content (AvgIpc) is 2.55. The first-order valence-electron chi connectivity index (χ1n) is 7.15. The zero-order valence-electron chi connectivity index (χ0n) is 11.6. The molecular formula is C16H16N3O2+. The number of carbonyl (C=O) groups excluding carboxylic acids is 1. The van der Waals surface area contributed by atoms with Crippen LogP contribution in [-0.2, 0) is 9.53 Å². The number of hydrogen-bond donors (Lipinski definition) is 1. The Kier molecular flexibility index (Phi) is 2.94. The van der Waals surface area contributed by atoms with Gasteiger partial charge in [0.05, 0.1) is 24.9 Å². The highest BCUT2D eigenvalue weighted by molar-refractivity contribution is 6.05. The number of nitrogens with one attached hydrogen (secondary N) is 1. The van der Waals surface area contributed by atoms with E-state index >= 15 is 0 Å². The number of benzene rings is 1. The Bertz CT molecular complexity index is 685. The molecule has 0 spiro atoms. The lowest BCUT2D eigenvalue weighted by Gasteiger charge is -2.31. The van der Waals surface area contributed by atoms with Gasteiger partial charge in [0, 0.05) is 19.2 Å². The fourth-order valence-electron chi connectivity index (χ4n) is 2.87. The summed E-state index contributed by atoms with van der Waals surface area (Å²) in [6.07, 6.45) is 5.49. The SMILES string of the molecule is O=C1C=C(N2CCOCC2)N=C2c3ccccc3C=C[NH+]12. The van der Waals surface area contributed by atoms with Crippen molar-refractivity contribution in [3.05, 3.63) is 53.5 Å². The predicted molar refractivity (Wildman–Crippen MR) is 78.5 cm³/mol. The minimum atomic E-state index is 0.0345. The Morgan fingerprint density at radius 1 is 1.19 bits per heavy atom. The summed E-state index contributed by atoms with van der Waals surface area (Å²) in [5.41, 5.74) is 2.14. The van der Waals surface area contributed by atoms with Crippen LogP contribution in [-0.4, -0.2) is 42.9 Å². The normalized spacial score (nSPS) is 24.1. The van der Waals surface area contributed by atoms with Gasteiger partial charge in [0.1, 0.15) is 12.0 Å². The number of morpholine rings is 1. The summed E-state index contributed by atoms with van der Waals surface area (Å²) in [7, 11) is 0. The van der Waals surface area contributed by atoms with E-state index in [0.29, 0.717) is 18.1 Å². The van der Waals surface area contributed by atoms with Crippen molar-refractivity contribution in [1.29, 1.82) is 0 Å². The standard InChI is InChI=1S/C16H15N3O2/c20-15-11-14(18-7-9-21-10-8-18)17-16-13-4-2-1-3-12(13)5-6-19(15)16/h1-6,11H,7-10H2/p+1. The highest BCUT2D eigenvalue weighted by Crippen LogP contribution is 2.17. The van der Waals surface area contributed by atoms with Gasteiger partial charge in [-0.15, -0.1) is 0 Å². The zero-order valence-corrected chi connectivity index (χ0v) is 11.6. The van der Waals surface area contributed by atoms with Gasteiger partial charge in [0.15, 0.2) is 0 Å². The summed E-state index contributed by atoms with van der Waals surface area (Å²) >= 11 is 0. The van der Waals surface area contributed by atoms with Gasteiger partial charge in [-0.05, 0) is 11.6 Å². The molecule has 1 amide bonds. The molecule has 0 saturated carbocycles. The van der Waals surface area contributed by atoms with E-state index in [-0.39, 0.29) is 5.91 Å². The number of amides is 1. The Labute approximate surface area is 122 Å². The molecule has 3 aliphatic heterocycles. The average molecular weight is 282 g/mol. The number of rotatable bonds is 1. The minimum absolute atomic E-state index is 0.0345. The number of carbonyl (C=O) groups is 1. The van der Waals surface area contributed by atoms with Crippen LogP contribution in [0.25, 0.3) is 6.08 Å². The molecule has 3 aliphatic rings. The molecule has 1 unspecified atom stereocenters. The zero-order chi connectivity index (χ0) is 14.2. The van der Waals surface area contributed by atoms with Gasteiger partial charge >= 0.3 is 5.91 Å². The number of quaternary nitrogens is 1. The van der Waals surface area contributed by atoms with Crippen LogP contribution in [0.2, 0.25) is 0 Å². The molecule has 0 aromatic heterocycles. The van der Waals surface area contributed by atoms with Crippen LogP contribution in [0.4, 0.5) is 0 Å². The van der Waals surface area contributed by atoms with Gasteiger partial charge in [0.25, 0.3) is 0 Å².